The first kappa shape index (κ1) is 19.0. The number of hydrogen-bond donors (Lipinski definition) is 1. The van der Waals surface area contributed by atoms with E-state index in [0.717, 1.165) is 24.8 Å². The molecule has 1 aliphatic heterocycles. The number of carbonyl (C=O) groups excluding carboxylic acids is 1. The molecule has 1 aliphatic rings. The molecule has 4 rings (SSSR count). The first-order valence-corrected chi connectivity index (χ1v) is 9.94. The molecule has 1 atom stereocenters. The summed E-state index contributed by atoms with van der Waals surface area (Å²) in [7, 11) is 0. The average molecular weight is 392 g/mol. The van der Waals surface area contributed by atoms with E-state index < -0.39 is 0 Å². The van der Waals surface area contributed by atoms with Gasteiger partial charge in [0.1, 0.15) is 11.8 Å². The minimum atomic E-state index is -0.243. The number of piperidine rings is 1. The lowest BCUT2D eigenvalue weighted by Gasteiger charge is -2.33. The normalized spacial score (nSPS) is 16.4. The zero-order chi connectivity index (χ0) is 20.1. The predicted octanol–water partition coefficient (Wildman–Crippen LogP) is 4.89. The van der Waals surface area contributed by atoms with Gasteiger partial charge in [0.2, 0.25) is 11.7 Å². The second kappa shape index (κ2) is 8.77. The molecule has 29 heavy (non-hydrogen) atoms. The Bertz CT molecular complexity index is 957. The molecule has 2 aromatic carbocycles. The Balaban J connectivity index is 1.54. The quantitative estimate of drug-likeness (QED) is 0.668. The van der Waals surface area contributed by atoms with Crippen LogP contribution in [-0.4, -0.2) is 34.2 Å². The number of hydrogen-bond acceptors (Lipinski definition) is 5. The minimum Gasteiger partial charge on any atom is -0.492 e. The molecule has 7 nitrogen and oxygen atoms in total. The lowest BCUT2D eigenvalue weighted by atomic mass is 10.0. The van der Waals surface area contributed by atoms with E-state index in [1.807, 2.05) is 61.5 Å². The van der Waals surface area contributed by atoms with Crippen molar-refractivity contribution in [1.29, 1.82) is 0 Å². The van der Waals surface area contributed by atoms with Gasteiger partial charge in [-0.05, 0) is 38.3 Å². The van der Waals surface area contributed by atoms with Crippen molar-refractivity contribution in [3.63, 3.8) is 0 Å². The van der Waals surface area contributed by atoms with Crippen LogP contribution < -0.4 is 10.1 Å². The van der Waals surface area contributed by atoms with Crippen LogP contribution in [0.2, 0.25) is 0 Å². The van der Waals surface area contributed by atoms with Gasteiger partial charge in [0.05, 0.1) is 12.3 Å². The highest BCUT2D eigenvalue weighted by atomic mass is 16.5. The molecule has 0 radical (unpaired) electrons. The molecule has 1 N–H and O–H groups in total. The number of nitrogens with zero attached hydrogens (tertiary/aromatic N) is 3. The van der Waals surface area contributed by atoms with E-state index in [1.54, 1.807) is 4.90 Å². The molecule has 150 valence electrons. The Morgan fingerprint density at radius 2 is 1.97 bits per heavy atom. The highest BCUT2D eigenvalue weighted by molar-refractivity contribution is 5.91. The van der Waals surface area contributed by atoms with Crippen molar-refractivity contribution in [2.75, 3.05) is 18.5 Å². The number of amides is 2. The number of nitrogens with one attached hydrogen (secondary N) is 1. The van der Waals surface area contributed by atoms with Crippen molar-refractivity contribution >= 4 is 11.7 Å². The van der Waals surface area contributed by atoms with Crippen molar-refractivity contribution in [2.45, 2.75) is 32.2 Å². The summed E-state index contributed by atoms with van der Waals surface area (Å²) >= 11 is 0. The average Bonchev–Trinajstić information content (AvgIpc) is 3.26. The molecule has 1 saturated heterocycles. The van der Waals surface area contributed by atoms with Crippen molar-refractivity contribution < 1.29 is 14.1 Å². The molecule has 0 bridgehead atoms. The minimum absolute atomic E-state index is 0.193. The number of likely N-dealkylation sites (tertiary alicyclic amines) is 1. The fourth-order valence-electron chi connectivity index (χ4n) is 3.54. The molecular formula is C22H24N4O3. The van der Waals surface area contributed by atoms with Crippen LogP contribution in [0.15, 0.2) is 59.1 Å². The monoisotopic (exact) mass is 392 g/mol. The van der Waals surface area contributed by atoms with Crippen LogP contribution in [0.1, 0.15) is 38.1 Å². The van der Waals surface area contributed by atoms with Gasteiger partial charge in [0, 0.05) is 12.1 Å². The van der Waals surface area contributed by atoms with E-state index in [4.69, 9.17) is 9.26 Å². The second-order valence-corrected chi connectivity index (χ2v) is 6.89. The Kier molecular flexibility index (Phi) is 5.74. The third-order valence-electron chi connectivity index (χ3n) is 4.95. The van der Waals surface area contributed by atoms with E-state index in [9.17, 15) is 4.79 Å². The predicted molar refractivity (Wildman–Crippen MR) is 110 cm³/mol. The molecule has 0 aliphatic carbocycles. The number of anilines is 1. The van der Waals surface area contributed by atoms with Gasteiger partial charge < -0.3 is 19.5 Å². The van der Waals surface area contributed by atoms with Gasteiger partial charge in [0.25, 0.3) is 0 Å². The number of urea groups is 1. The van der Waals surface area contributed by atoms with E-state index in [1.165, 1.54) is 0 Å². The molecular weight excluding hydrogens is 368 g/mol. The summed E-state index contributed by atoms with van der Waals surface area (Å²) in [6.45, 7) is 3.08. The Morgan fingerprint density at radius 3 is 2.79 bits per heavy atom. The fourth-order valence-corrected chi connectivity index (χ4v) is 3.54. The van der Waals surface area contributed by atoms with Crippen molar-refractivity contribution in [3.8, 4) is 17.1 Å². The highest BCUT2D eigenvalue weighted by Gasteiger charge is 2.32. The Hall–Kier alpha value is -3.35. The largest absolute Gasteiger partial charge is 0.492 e. The van der Waals surface area contributed by atoms with Crippen LogP contribution in [0.5, 0.6) is 5.75 Å². The van der Waals surface area contributed by atoms with E-state index in [0.29, 0.717) is 36.3 Å². The zero-order valence-corrected chi connectivity index (χ0v) is 16.4. The van der Waals surface area contributed by atoms with Gasteiger partial charge in [-0.3, -0.25) is 0 Å². The second-order valence-electron chi connectivity index (χ2n) is 6.89. The van der Waals surface area contributed by atoms with Gasteiger partial charge in [-0.25, -0.2) is 4.79 Å². The van der Waals surface area contributed by atoms with E-state index >= 15 is 0 Å². The van der Waals surface area contributed by atoms with Crippen LogP contribution in [-0.2, 0) is 0 Å². The summed E-state index contributed by atoms with van der Waals surface area (Å²) in [5, 5.41) is 7.09. The number of aromatic nitrogens is 2. The van der Waals surface area contributed by atoms with Gasteiger partial charge >= 0.3 is 6.03 Å². The lowest BCUT2D eigenvalue weighted by Crippen LogP contribution is -2.41. The van der Waals surface area contributed by atoms with Crippen molar-refractivity contribution in [2.24, 2.45) is 0 Å². The molecule has 2 amide bonds. The van der Waals surface area contributed by atoms with Gasteiger partial charge in [-0.15, -0.1) is 0 Å². The standard InChI is InChI=1S/C22H24N4O3/c1-2-28-19-14-7-6-12-17(19)23-22(27)26-15-9-8-13-18(26)21-24-20(25-29-21)16-10-4-3-5-11-16/h3-7,10-12,14,18H,2,8-9,13,15H2,1H3,(H,23,27). The van der Waals surface area contributed by atoms with Crippen LogP contribution in [0.4, 0.5) is 10.5 Å². The molecule has 1 aromatic heterocycles. The lowest BCUT2D eigenvalue weighted by molar-refractivity contribution is 0.142. The summed E-state index contributed by atoms with van der Waals surface area (Å²) in [4.78, 5) is 19.4. The molecule has 3 aromatic rings. The van der Waals surface area contributed by atoms with Crippen molar-refractivity contribution in [1.82, 2.24) is 15.0 Å². The summed E-state index contributed by atoms with van der Waals surface area (Å²) in [5.41, 5.74) is 1.54. The number of rotatable bonds is 5. The summed E-state index contributed by atoms with van der Waals surface area (Å²) in [6, 6.07) is 16.7. The van der Waals surface area contributed by atoms with Gasteiger partial charge in [0.15, 0.2) is 0 Å². The van der Waals surface area contributed by atoms with Crippen LogP contribution in [0.25, 0.3) is 11.4 Å². The van der Waals surface area contributed by atoms with Gasteiger partial charge in [-0.2, -0.15) is 4.98 Å². The highest BCUT2D eigenvalue weighted by Crippen LogP contribution is 2.32. The molecule has 7 heteroatoms. The molecule has 1 unspecified atom stereocenters. The molecule has 0 spiro atoms. The van der Waals surface area contributed by atoms with Crippen LogP contribution in [0.3, 0.4) is 0 Å². The topological polar surface area (TPSA) is 80.5 Å². The maximum atomic E-state index is 13.1. The SMILES string of the molecule is CCOc1ccccc1NC(=O)N1CCCCC1c1nc(-c2ccccc2)no1. The van der Waals surface area contributed by atoms with E-state index in [-0.39, 0.29) is 12.1 Å². The van der Waals surface area contributed by atoms with Gasteiger partial charge in [-0.1, -0.05) is 47.6 Å². The fraction of sp³-hybridized carbons (Fsp3) is 0.318. The number of para-hydroxylation sites is 2. The summed E-state index contributed by atoms with van der Waals surface area (Å²) in [6.07, 6.45) is 2.74. The number of ether oxygens (including phenoxy) is 1. The first-order chi connectivity index (χ1) is 14.3. The Labute approximate surface area is 169 Å². The number of carbonyl (C=O) groups is 1. The maximum Gasteiger partial charge on any atom is 0.322 e. The Morgan fingerprint density at radius 1 is 1.17 bits per heavy atom. The third kappa shape index (κ3) is 4.23. The van der Waals surface area contributed by atoms with Crippen LogP contribution >= 0.6 is 0 Å². The number of benzene rings is 2. The molecule has 2 heterocycles. The molecule has 1 fully saturated rings. The summed E-state index contributed by atoms with van der Waals surface area (Å²) in [5.74, 6) is 1.66. The third-order valence-corrected chi connectivity index (χ3v) is 4.95. The van der Waals surface area contributed by atoms with E-state index in [2.05, 4.69) is 15.5 Å². The van der Waals surface area contributed by atoms with Crippen molar-refractivity contribution in [3.05, 3.63) is 60.5 Å². The zero-order valence-electron chi connectivity index (χ0n) is 16.4. The first-order valence-electron chi connectivity index (χ1n) is 9.94. The smallest absolute Gasteiger partial charge is 0.322 e. The summed E-state index contributed by atoms with van der Waals surface area (Å²) < 4.78 is 11.2. The maximum absolute atomic E-state index is 13.1. The van der Waals surface area contributed by atoms with Crippen LogP contribution in [0, 0.1) is 0 Å². The molecule has 0 saturated carbocycles.